The van der Waals surface area contributed by atoms with Crippen molar-refractivity contribution in [3.63, 3.8) is 0 Å². The number of carbonyl (C=O) groups is 1. The van der Waals surface area contributed by atoms with E-state index in [-0.39, 0.29) is 17.8 Å². The molecule has 0 saturated heterocycles. The fourth-order valence-corrected chi connectivity index (χ4v) is 2.78. The molecule has 2 N–H and O–H groups in total. The molecule has 1 aromatic rings. The summed E-state index contributed by atoms with van der Waals surface area (Å²) < 4.78 is 14.4. The maximum atomic E-state index is 14.4. The highest BCUT2D eigenvalue weighted by Gasteiger charge is 2.21. The number of halogens is 1. The number of rotatable bonds is 7. The van der Waals surface area contributed by atoms with Crippen LogP contribution in [0.15, 0.2) is 12.1 Å². The second kappa shape index (κ2) is 7.55. The molecule has 0 bridgehead atoms. The number of amides is 1. The van der Waals surface area contributed by atoms with E-state index in [1.165, 1.54) is 6.07 Å². The molecule has 1 amide bonds. The van der Waals surface area contributed by atoms with Crippen molar-refractivity contribution >= 4 is 11.6 Å². The Balaban J connectivity index is 2.24. The molecule has 0 aromatic heterocycles. The minimum Gasteiger partial charge on any atom is -0.326 e. The summed E-state index contributed by atoms with van der Waals surface area (Å²) in [5.74, 6) is -0.248. The smallest absolute Gasteiger partial charge is 0.224 e. The lowest BCUT2D eigenvalue weighted by Crippen LogP contribution is -2.25. The second-order valence-electron chi connectivity index (χ2n) is 5.73. The summed E-state index contributed by atoms with van der Waals surface area (Å²) >= 11 is 0. The van der Waals surface area contributed by atoms with Gasteiger partial charge in [-0.1, -0.05) is 26.7 Å². The Hall–Kier alpha value is -1.42. The number of benzene rings is 1. The number of unbranched alkanes of at least 4 members (excludes halogenated alkanes) is 1. The topological polar surface area (TPSA) is 41.1 Å². The molecule has 21 heavy (non-hydrogen) atoms. The third kappa shape index (κ3) is 4.03. The molecule has 0 fully saturated rings. The van der Waals surface area contributed by atoms with Gasteiger partial charge in [-0.3, -0.25) is 4.79 Å². The third-order valence-corrected chi connectivity index (χ3v) is 3.98. The van der Waals surface area contributed by atoms with Crippen LogP contribution in [0.4, 0.5) is 10.1 Å². The van der Waals surface area contributed by atoms with Crippen molar-refractivity contribution in [1.82, 2.24) is 5.32 Å². The fourth-order valence-electron chi connectivity index (χ4n) is 2.78. The zero-order valence-corrected chi connectivity index (χ0v) is 13.0. The summed E-state index contributed by atoms with van der Waals surface area (Å²) in [4.78, 5) is 11.4. The molecule has 2 rings (SSSR count). The largest absolute Gasteiger partial charge is 0.326 e. The van der Waals surface area contributed by atoms with Crippen LogP contribution in [0.1, 0.15) is 63.1 Å². The van der Waals surface area contributed by atoms with Crippen LogP contribution < -0.4 is 10.6 Å². The Labute approximate surface area is 126 Å². The van der Waals surface area contributed by atoms with Gasteiger partial charge in [0.2, 0.25) is 5.91 Å². The summed E-state index contributed by atoms with van der Waals surface area (Å²) in [6.45, 7) is 5.15. The lowest BCUT2D eigenvalue weighted by Gasteiger charge is -2.23. The molecule has 3 nitrogen and oxygen atoms in total. The Morgan fingerprint density at radius 3 is 2.81 bits per heavy atom. The van der Waals surface area contributed by atoms with E-state index < -0.39 is 0 Å². The van der Waals surface area contributed by atoms with Crippen molar-refractivity contribution in [1.29, 1.82) is 0 Å². The molecule has 1 heterocycles. The van der Waals surface area contributed by atoms with Gasteiger partial charge in [-0.2, -0.15) is 0 Å². The normalized spacial score (nSPS) is 15.5. The number of fused-ring (bicyclic) bond motifs is 1. The van der Waals surface area contributed by atoms with E-state index in [2.05, 4.69) is 24.5 Å². The van der Waals surface area contributed by atoms with Crippen molar-refractivity contribution in [3.05, 3.63) is 29.1 Å². The summed E-state index contributed by atoms with van der Waals surface area (Å²) in [7, 11) is 0. The van der Waals surface area contributed by atoms with Gasteiger partial charge in [-0.25, -0.2) is 4.39 Å². The first-order valence-electron chi connectivity index (χ1n) is 8.01. The highest BCUT2D eigenvalue weighted by atomic mass is 19.1. The van der Waals surface area contributed by atoms with Crippen molar-refractivity contribution in [2.45, 2.75) is 58.4 Å². The van der Waals surface area contributed by atoms with Crippen LogP contribution in [0.3, 0.4) is 0 Å². The summed E-state index contributed by atoms with van der Waals surface area (Å²) in [5, 5.41) is 6.20. The minimum atomic E-state index is -0.222. The van der Waals surface area contributed by atoms with E-state index in [1.807, 2.05) is 6.07 Å². The van der Waals surface area contributed by atoms with Gasteiger partial charge < -0.3 is 10.6 Å². The van der Waals surface area contributed by atoms with Crippen LogP contribution in [-0.4, -0.2) is 12.5 Å². The molecule has 0 radical (unpaired) electrons. The lowest BCUT2D eigenvalue weighted by atomic mass is 9.94. The van der Waals surface area contributed by atoms with Gasteiger partial charge in [-0.15, -0.1) is 0 Å². The van der Waals surface area contributed by atoms with Crippen molar-refractivity contribution in [3.8, 4) is 0 Å². The molecule has 4 heteroatoms. The Morgan fingerprint density at radius 2 is 2.10 bits per heavy atom. The molecule has 0 aliphatic carbocycles. The number of hydrogen-bond donors (Lipinski definition) is 2. The predicted molar refractivity (Wildman–Crippen MR) is 83.9 cm³/mol. The molecule has 116 valence electrons. The molecule has 1 aliphatic heterocycles. The van der Waals surface area contributed by atoms with E-state index in [1.54, 1.807) is 0 Å². The molecule has 1 unspecified atom stereocenters. The predicted octanol–water partition coefficient (Wildman–Crippen LogP) is 3.94. The molecule has 1 atom stereocenters. The second-order valence-corrected chi connectivity index (χ2v) is 5.73. The fraction of sp³-hybridized carbons (Fsp3) is 0.588. The van der Waals surface area contributed by atoms with Crippen LogP contribution in [0.5, 0.6) is 0 Å². The number of nitrogens with one attached hydrogen (secondary N) is 2. The highest BCUT2D eigenvalue weighted by Crippen LogP contribution is 2.30. The quantitative estimate of drug-likeness (QED) is 0.799. The third-order valence-electron chi connectivity index (χ3n) is 3.98. The van der Waals surface area contributed by atoms with Gasteiger partial charge in [0.05, 0.1) is 0 Å². The Kier molecular flexibility index (Phi) is 5.74. The molecule has 1 aromatic carbocycles. The van der Waals surface area contributed by atoms with Crippen LogP contribution in [0.25, 0.3) is 0 Å². The van der Waals surface area contributed by atoms with E-state index in [0.29, 0.717) is 18.5 Å². The van der Waals surface area contributed by atoms with Crippen LogP contribution >= 0.6 is 0 Å². The number of hydrogen-bond acceptors (Lipinski definition) is 2. The SMILES string of the molecule is CCCCC(NCCC)c1cc2c(cc1F)NC(=O)CC2. The lowest BCUT2D eigenvalue weighted by molar-refractivity contribution is -0.116. The molecule has 0 spiro atoms. The van der Waals surface area contributed by atoms with Gasteiger partial charge in [0, 0.05) is 23.7 Å². The van der Waals surface area contributed by atoms with Gasteiger partial charge in [0.15, 0.2) is 0 Å². The van der Waals surface area contributed by atoms with Crippen LogP contribution in [-0.2, 0) is 11.2 Å². The highest BCUT2D eigenvalue weighted by molar-refractivity contribution is 5.93. The van der Waals surface area contributed by atoms with Gasteiger partial charge in [-0.05, 0) is 43.5 Å². The first-order chi connectivity index (χ1) is 10.2. The number of carbonyl (C=O) groups excluding carboxylic acids is 1. The molecule has 0 saturated carbocycles. The van der Waals surface area contributed by atoms with E-state index in [4.69, 9.17) is 0 Å². The van der Waals surface area contributed by atoms with Crippen LogP contribution in [0.2, 0.25) is 0 Å². The number of anilines is 1. The minimum absolute atomic E-state index is 0.0266. The maximum absolute atomic E-state index is 14.4. The summed E-state index contributed by atoms with van der Waals surface area (Å²) in [6, 6.07) is 3.48. The van der Waals surface area contributed by atoms with E-state index in [0.717, 1.165) is 43.4 Å². The molecular weight excluding hydrogens is 267 g/mol. The average Bonchev–Trinajstić information content (AvgIpc) is 2.47. The molecule has 1 aliphatic rings. The first-order valence-corrected chi connectivity index (χ1v) is 8.01. The average molecular weight is 292 g/mol. The van der Waals surface area contributed by atoms with Gasteiger partial charge in [0.1, 0.15) is 5.82 Å². The Morgan fingerprint density at radius 1 is 1.29 bits per heavy atom. The van der Waals surface area contributed by atoms with Crippen molar-refractivity contribution in [2.75, 3.05) is 11.9 Å². The van der Waals surface area contributed by atoms with Crippen LogP contribution in [0, 0.1) is 5.82 Å². The standard InChI is InChI=1S/C17H25FN2O/c1-3-5-6-15(19-9-4-2)13-10-12-7-8-17(21)20-16(12)11-14(13)18/h10-11,15,19H,3-9H2,1-2H3,(H,20,21). The Bertz CT molecular complexity index is 494. The first kappa shape index (κ1) is 16.0. The maximum Gasteiger partial charge on any atom is 0.224 e. The van der Waals surface area contributed by atoms with E-state index >= 15 is 0 Å². The zero-order valence-electron chi connectivity index (χ0n) is 13.0. The van der Waals surface area contributed by atoms with Gasteiger partial charge >= 0.3 is 0 Å². The van der Waals surface area contributed by atoms with E-state index in [9.17, 15) is 9.18 Å². The monoisotopic (exact) mass is 292 g/mol. The van der Waals surface area contributed by atoms with Crippen molar-refractivity contribution in [2.24, 2.45) is 0 Å². The summed E-state index contributed by atoms with van der Waals surface area (Å²) in [5.41, 5.74) is 2.43. The van der Waals surface area contributed by atoms with Crippen molar-refractivity contribution < 1.29 is 9.18 Å². The number of aryl methyl sites for hydroxylation is 1. The summed E-state index contributed by atoms with van der Waals surface area (Å²) in [6.07, 6.45) is 5.34. The zero-order chi connectivity index (χ0) is 15.2. The van der Waals surface area contributed by atoms with Gasteiger partial charge in [0.25, 0.3) is 0 Å². The molecular formula is C17H25FN2O.